The van der Waals surface area contributed by atoms with Gasteiger partial charge in [0.2, 0.25) is 0 Å². The third-order valence-electron chi connectivity index (χ3n) is 3.26. The molecule has 1 aliphatic rings. The summed E-state index contributed by atoms with van der Waals surface area (Å²) in [5, 5.41) is 6.67. The average Bonchev–Trinajstić information content (AvgIpc) is 3.11. The molecule has 1 fully saturated rings. The number of sulfonamides is 1. The van der Waals surface area contributed by atoms with Gasteiger partial charge in [-0.3, -0.25) is 5.10 Å². The van der Waals surface area contributed by atoms with E-state index in [1.165, 1.54) is 4.31 Å². The van der Waals surface area contributed by atoms with Crippen molar-refractivity contribution in [2.45, 2.75) is 37.4 Å². The van der Waals surface area contributed by atoms with Gasteiger partial charge in [0.25, 0.3) is 10.0 Å². The first-order valence-corrected chi connectivity index (χ1v) is 7.71. The topological polar surface area (TPSA) is 101 Å². The van der Waals surface area contributed by atoms with E-state index in [4.69, 9.17) is 10.5 Å². The van der Waals surface area contributed by atoms with Gasteiger partial charge in [0.1, 0.15) is 0 Å². The molecular formula is C11H20N4O3S. The number of nitrogens with one attached hydrogen (secondary N) is 1. The molecule has 0 saturated heterocycles. The minimum Gasteiger partial charge on any atom is -0.383 e. The van der Waals surface area contributed by atoms with Gasteiger partial charge >= 0.3 is 0 Å². The maximum absolute atomic E-state index is 12.6. The molecule has 1 aromatic rings. The normalized spacial score (nSPS) is 16.2. The van der Waals surface area contributed by atoms with E-state index < -0.39 is 10.0 Å². The van der Waals surface area contributed by atoms with E-state index in [-0.39, 0.29) is 17.6 Å². The summed E-state index contributed by atoms with van der Waals surface area (Å²) in [7, 11) is -2.04. The van der Waals surface area contributed by atoms with Crippen LogP contribution in [0.15, 0.2) is 5.03 Å². The molecule has 1 aliphatic carbocycles. The van der Waals surface area contributed by atoms with Gasteiger partial charge < -0.3 is 10.5 Å². The van der Waals surface area contributed by atoms with Crippen molar-refractivity contribution < 1.29 is 13.2 Å². The van der Waals surface area contributed by atoms with Crippen molar-refractivity contribution in [3.63, 3.8) is 0 Å². The van der Waals surface area contributed by atoms with E-state index in [9.17, 15) is 8.42 Å². The lowest BCUT2D eigenvalue weighted by Gasteiger charge is -2.20. The highest BCUT2D eigenvalue weighted by molar-refractivity contribution is 7.89. The predicted molar refractivity (Wildman–Crippen MR) is 70.0 cm³/mol. The molecule has 0 aromatic carbocycles. The second-order valence-corrected chi connectivity index (χ2v) is 6.48. The van der Waals surface area contributed by atoms with Gasteiger partial charge in [-0.15, -0.1) is 0 Å². The Morgan fingerprint density at radius 1 is 1.53 bits per heavy atom. The van der Waals surface area contributed by atoms with E-state index in [0.717, 1.165) is 12.8 Å². The van der Waals surface area contributed by atoms with Gasteiger partial charge in [0, 0.05) is 37.5 Å². The molecule has 2 rings (SSSR count). The minimum absolute atomic E-state index is 0.0514. The molecular weight excluding hydrogens is 268 g/mol. The van der Waals surface area contributed by atoms with Gasteiger partial charge in [-0.25, -0.2) is 8.42 Å². The summed E-state index contributed by atoms with van der Waals surface area (Å²) in [6.07, 6.45) is 1.79. The first kappa shape index (κ1) is 14.4. The Balaban J connectivity index is 2.33. The number of hydrogen-bond donors (Lipinski definition) is 2. The third-order valence-corrected chi connectivity index (χ3v) is 5.19. The molecule has 1 heterocycles. The van der Waals surface area contributed by atoms with Crippen molar-refractivity contribution >= 4 is 10.0 Å². The fraction of sp³-hybridized carbons (Fsp3) is 0.727. The highest BCUT2D eigenvalue weighted by atomic mass is 32.2. The molecule has 0 spiro atoms. The lowest BCUT2D eigenvalue weighted by Crippen LogP contribution is -2.36. The van der Waals surface area contributed by atoms with Gasteiger partial charge in [-0.2, -0.15) is 9.40 Å². The second kappa shape index (κ2) is 5.58. The molecule has 0 aliphatic heterocycles. The number of aromatic nitrogens is 2. The van der Waals surface area contributed by atoms with Crippen LogP contribution in [0.2, 0.25) is 0 Å². The Kier molecular flexibility index (Phi) is 4.24. The van der Waals surface area contributed by atoms with Crippen molar-refractivity contribution in [1.29, 1.82) is 0 Å². The number of aryl methyl sites for hydroxylation is 1. The molecule has 0 amide bonds. The maximum Gasteiger partial charge on any atom is 0.263 e. The van der Waals surface area contributed by atoms with Crippen molar-refractivity contribution in [3.05, 3.63) is 11.3 Å². The Morgan fingerprint density at radius 2 is 2.21 bits per heavy atom. The number of rotatable bonds is 7. The quantitative estimate of drug-likeness (QED) is 0.734. The lowest BCUT2D eigenvalue weighted by molar-refractivity contribution is 0.177. The third kappa shape index (κ3) is 2.81. The Morgan fingerprint density at radius 3 is 2.74 bits per heavy atom. The van der Waals surface area contributed by atoms with Gasteiger partial charge in [0.15, 0.2) is 5.03 Å². The maximum atomic E-state index is 12.6. The molecule has 108 valence electrons. The first-order valence-electron chi connectivity index (χ1n) is 6.27. The molecule has 0 unspecified atom stereocenters. The largest absolute Gasteiger partial charge is 0.383 e. The highest BCUT2D eigenvalue weighted by Crippen LogP contribution is 2.32. The van der Waals surface area contributed by atoms with Crippen LogP contribution < -0.4 is 5.73 Å². The zero-order chi connectivity index (χ0) is 14.0. The highest BCUT2D eigenvalue weighted by Gasteiger charge is 2.40. The molecule has 8 heteroatoms. The average molecular weight is 288 g/mol. The number of nitrogens with two attached hydrogens (primary N) is 1. The number of nitrogens with zero attached hydrogens (tertiary/aromatic N) is 2. The predicted octanol–water partition coefficient (Wildman–Crippen LogP) is -0.0237. The van der Waals surface area contributed by atoms with Gasteiger partial charge in [0.05, 0.1) is 6.61 Å². The fourth-order valence-electron chi connectivity index (χ4n) is 2.04. The van der Waals surface area contributed by atoms with Crippen LogP contribution in [-0.2, 0) is 21.3 Å². The summed E-state index contributed by atoms with van der Waals surface area (Å²) in [5.74, 6) is 0. The van der Waals surface area contributed by atoms with Crippen molar-refractivity contribution in [3.8, 4) is 0 Å². The van der Waals surface area contributed by atoms with E-state index in [1.807, 2.05) is 0 Å². The van der Waals surface area contributed by atoms with Crippen LogP contribution >= 0.6 is 0 Å². The summed E-state index contributed by atoms with van der Waals surface area (Å²) in [4.78, 5) is 0. The van der Waals surface area contributed by atoms with Gasteiger partial charge in [-0.05, 0) is 19.8 Å². The number of H-pyrrole nitrogens is 1. The summed E-state index contributed by atoms with van der Waals surface area (Å²) in [6.45, 7) is 2.64. The molecule has 1 aromatic heterocycles. The van der Waals surface area contributed by atoms with Crippen LogP contribution in [0.3, 0.4) is 0 Å². The SMILES string of the molecule is COCCN(C1CC1)S(=O)(=O)c1n[nH]c(C)c1CN. The smallest absolute Gasteiger partial charge is 0.263 e. The van der Waals surface area contributed by atoms with Crippen LogP contribution in [0.25, 0.3) is 0 Å². The molecule has 7 nitrogen and oxygen atoms in total. The molecule has 0 radical (unpaired) electrons. The van der Waals surface area contributed by atoms with E-state index in [0.29, 0.717) is 24.4 Å². The number of ether oxygens (including phenoxy) is 1. The molecule has 0 atom stereocenters. The van der Waals surface area contributed by atoms with Crippen LogP contribution in [-0.4, -0.2) is 49.2 Å². The van der Waals surface area contributed by atoms with Crippen molar-refractivity contribution in [2.24, 2.45) is 5.73 Å². The Labute approximate surface area is 113 Å². The molecule has 3 N–H and O–H groups in total. The van der Waals surface area contributed by atoms with Crippen molar-refractivity contribution in [1.82, 2.24) is 14.5 Å². The van der Waals surface area contributed by atoms with Crippen LogP contribution in [0.1, 0.15) is 24.1 Å². The fourth-order valence-corrected chi connectivity index (χ4v) is 3.89. The summed E-state index contributed by atoms with van der Waals surface area (Å²) in [6, 6.07) is 0.0720. The standard InChI is InChI=1S/C11H20N4O3S/c1-8-10(7-12)11(14-13-8)19(16,17)15(5-6-18-2)9-3-4-9/h9H,3-7,12H2,1-2H3,(H,13,14). The lowest BCUT2D eigenvalue weighted by atomic mass is 10.3. The van der Waals surface area contributed by atoms with E-state index in [2.05, 4.69) is 10.2 Å². The van der Waals surface area contributed by atoms with E-state index >= 15 is 0 Å². The van der Waals surface area contributed by atoms with E-state index in [1.54, 1.807) is 14.0 Å². The second-order valence-electron chi connectivity index (χ2n) is 4.68. The molecule has 0 bridgehead atoms. The summed E-state index contributed by atoms with van der Waals surface area (Å²) >= 11 is 0. The molecule has 1 saturated carbocycles. The Hall–Kier alpha value is -0.960. The van der Waals surface area contributed by atoms with Crippen molar-refractivity contribution in [2.75, 3.05) is 20.3 Å². The monoisotopic (exact) mass is 288 g/mol. The van der Waals surface area contributed by atoms with Crippen LogP contribution in [0, 0.1) is 6.92 Å². The summed E-state index contributed by atoms with van der Waals surface area (Å²) < 4.78 is 31.8. The number of hydrogen-bond acceptors (Lipinski definition) is 5. The molecule has 19 heavy (non-hydrogen) atoms. The van der Waals surface area contributed by atoms with Crippen LogP contribution in [0.5, 0.6) is 0 Å². The Bertz CT molecular complexity index is 536. The first-order chi connectivity index (χ1) is 9.02. The van der Waals surface area contributed by atoms with Gasteiger partial charge in [-0.1, -0.05) is 0 Å². The minimum atomic E-state index is -3.60. The zero-order valence-electron chi connectivity index (χ0n) is 11.2. The zero-order valence-corrected chi connectivity index (χ0v) is 12.0. The number of methoxy groups -OCH3 is 1. The van der Waals surface area contributed by atoms with Crippen LogP contribution in [0.4, 0.5) is 0 Å². The summed E-state index contributed by atoms with van der Waals surface area (Å²) in [5.41, 5.74) is 6.87. The number of aromatic amines is 1.